The predicted molar refractivity (Wildman–Crippen MR) is 56.3 cm³/mol. The minimum Gasteiger partial charge on any atom is -0.272 e. The Morgan fingerprint density at radius 3 is 3.18 bits per heavy atom. The third kappa shape index (κ3) is 2.79. The lowest BCUT2D eigenvalue weighted by atomic mass is 9.77. The van der Waals surface area contributed by atoms with Crippen LogP contribution < -0.4 is 9.12 Å². The number of rotatable bonds is 3. The van der Waals surface area contributed by atoms with Crippen LogP contribution in [0, 0.1) is 0 Å². The fourth-order valence-corrected chi connectivity index (χ4v) is 1.28. The van der Waals surface area contributed by atoms with Crippen LogP contribution >= 0.6 is 22.9 Å². The van der Waals surface area contributed by atoms with Crippen molar-refractivity contribution in [3.8, 4) is 0 Å². The highest BCUT2D eigenvalue weighted by Crippen LogP contribution is 1.94. The van der Waals surface area contributed by atoms with Gasteiger partial charge in [0.25, 0.3) is 0 Å². The summed E-state index contributed by atoms with van der Waals surface area (Å²) in [6.45, 7) is 2.88. The highest BCUT2D eigenvalue weighted by atomic mass is 127. The number of nitrogens with zero attached hydrogens (tertiary/aromatic N) is 1. The van der Waals surface area contributed by atoms with E-state index in [4.69, 9.17) is 0 Å². The maximum atomic E-state index is 4.15. The van der Waals surface area contributed by atoms with Crippen molar-refractivity contribution < 1.29 is 0 Å². The van der Waals surface area contributed by atoms with Gasteiger partial charge < -0.3 is 0 Å². The summed E-state index contributed by atoms with van der Waals surface area (Å²) in [5.74, 6) is 0. The average Bonchev–Trinajstić information content (AvgIpc) is 2.06. The van der Waals surface area contributed by atoms with E-state index in [0.29, 0.717) is 0 Å². The maximum Gasteiger partial charge on any atom is 0.174 e. The Balaban J connectivity index is 2.74. The second kappa shape index (κ2) is 4.72. The van der Waals surface area contributed by atoms with E-state index in [0.717, 1.165) is 12.1 Å². The lowest BCUT2D eigenvalue weighted by molar-refractivity contribution is 1.01. The topological polar surface area (TPSA) is 24.9 Å². The third-order valence-corrected chi connectivity index (χ3v) is 1.79. The van der Waals surface area contributed by atoms with Gasteiger partial charge in [-0.05, 0) is 23.3 Å². The number of halogens is 1. The molecular formula is C7H9BIN2. The van der Waals surface area contributed by atoms with Crippen molar-refractivity contribution >= 4 is 35.7 Å². The fourth-order valence-electron chi connectivity index (χ4n) is 0.839. The van der Waals surface area contributed by atoms with Crippen molar-refractivity contribution in [1.29, 1.82) is 0 Å². The van der Waals surface area contributed by atoms with E-state index in [1.165, 1.54) is 5.56 Å². The lowest BCUT2D eigenvalue weighted by Crippen LogP contribution is -2.16. The molecule has 57 valence electrons. The molecule has 0 saturated carbocycles. The molecule has 1 aromatic rings. The smallest absolute Gasteiger partial charge is 0.174 e. The van der Waals surface area contributed by atoms with Crippen LogP contribution in [0.25, 0.3) is 0 Å². The molecule has 11 heavy (non-hydrogen) atoms. The van der Waals surface area contributed by atoms with E-state index in [9.17, 15) is 0 Å². The first-order valence-corrected chi connectivity index (χ1v) is 4.52. The Hall–Kier alpha value is -0.0951. The summed E-state index contributed by atoms with van der Waals surface area (Å²) in [7, 11) is 2.00. The van der Waals surface area contributed by atoms with Gasteiger partial charge in [0.05, 0.1) is 0 Å². The van der Waals surface area contributed by atoms with Crippen LogP contribution in [0.4, 0.5) is 0 Å². The SMILES string of the molecule is C[B]c1cc(CNI)ccn1. The largest absolute Gasteiger partial charge is 0.272 e. The van der Waals surface area contributed by atoms with E-state index >= 15 is 0 Å². The van der Waals surface area contributed by atoms with Crippen molar-refractivity contribution in [3.63, 3.8) is 0 Å². The zero-order valence-electron chi connectivity index (χ0n) is 6.34. The van der Waals surface area contributed by atoms with Crippen LogP contribution in [0.1, 0.15) is 5.56 Å². The van der Waals surface area contributed by atoms with E-state index in [-0.39, 0.29) is 0 Å². The van der Waals surface area contributed by atoms with Gasteiger partial charge in [-0.15, -0.1) is 0 Å². The van der Waals surface area contributed by atoms with Gasteiger partial charge in [-0.3, -0.25) is 8.51 Å². The molecule has 2 nitrogen and oxygen atoms in total. The first-order chi connectivity index (χ1) is 5.36. The number of pyridine rings is 1. The Morgan fingerprint density at radius 1 is 1.73 bits per heavy atom. The fraction of sp³-hybridized carbons (Fsp3) is 0.286. The van der Waals surface area contributed by atoms with Crippen molar-refractivity contribution in [2.75, 3.05) is 0 Å². The van der Waals surface area contributed by atoms with E-state index < -0.39 is 0 Å². The molecule has 4 heteroatoms. The van der Waals surface area contributed by atoms with Gasteiger partial charge in [0.15, 0.2) is 7.28 Å². The minimum absolute atomic E-state index is 0.893. The molecule has 1 heterocycles. The molecule has 1 N–H and O–H groups in total. The van der Waals surface area contributed by atoms with Crippen LogP contribution in [0.15, 0.2) is 18.3 Å². The highest BCUT2D eigenvalue weighted by molar-refractivity contribution is 14.1. The Labute approximate surface area is 81.5 Å². The van der Waals surface area contributed by atoms with Crippen molar-refractivity contribution in [2.45, 2.75) is 13.4 Å². The summed E-state index contributed by atoms with van der Waals surface area (Å²) >= 11 is 2.13. The minimum atomic E-state index is 0.893. The van der Waals surface area contributed by atoms with Gasteiger partial charge in [-0.2, -0.15) is 0 Å². The van der Waals surface area contributed by atoms with Gasteiger partial charge in [0, 0.05) is 35.6 Å². The molecule has 0 aromatic carbocycles. The molecule has 0 unspecified atom stereocenters. The van der Waals surface area contributed by atoms with Gasteiger partial charge in [-0.25, -0.2) is 0 Å². The summed E-state index contributed by atoms with van der Waals surface area (Å²) in [5.41, 5.74) is 2.30. The second-order valence-electron chi connectivity index (χ2n) is 2.19. The second-order valence-corrected chi connectivity index (χ2v) is 2.95. The summed E-state index contributed by atoms with van der Waals surface area (Å²) in [6, 6.07) is 4.09. The van der Waals surface area contributed by atoms with E-state index in [1.807, 2.05) is 26.4 Å². The number of hydrogen-bond acceptors (Lipinski definition) is 2. The Kier molecular flexibility index (Phi) is 3.86. The molecule has 0 aliphatic rings. The number of hydrogen-bond donors (Lipinski definition) is 1. The molecule has 0 fully saturated rings. The molecule has 1 rings (SSSR count). The molecule has 0 aliphatic carbocycles. The van der Waals surface area contributed by atoms with Crippen LogP contribution in [-0.4, -0.2) is 12.3 Å². The molecule has 0 spiro atoms. The summed E-state index contributed by atoms with van der Waals surface area (Å²) in [4.78, 5) is 4.15. The summed E-state index contributed by atoms with van der Waals surface area (Å²) < 4.78 is 3.06. The molecule has 1 radical (unpaired) electrons. The van der Waals surface area contributed by atoms with Gasteiger partial charge in [0.1, 0.15) is 0 Å². The van der Waals surface area contributed by atoms with Crippen molar-refractivity contribution in [2.24, 2.45) is 0 Å². The quantitative estimate of drug-likeness (QED) is 0.495. The normalized spacial score (nSPS) is 9.64. The highest BCUT2D eigenvalue weighted by Gasteiger charge is 1.93. The van der Waals surface area contributed by atoms with Gasteiger partial charge in [0.2, 0.25) is 0 Å². The van der Waals surface area contributed by atoms with Crippen LogP contribution in [-0.2, 0) is 6.54 Å². The third-order valence-electron chi connectivity index (χ3n) is 1.41. The van der Waals surface area contributed by atoms with Gasteiger partial charge in [-0.1, -0.05) is 6.82 Å². The first-order valence-electron chi connectivity index (χ1n) is 3.44. The monoisotopic (exact) mass is 259 g/mol. The molecule has 0 aliphatic heterocycles. The lowest BCUT2D eigenvalue weighted by Gasteiger charge is -1.99. The summed E-state index contributed by atoms with van der Waals surface area (Å²) in [5, 5.41) is 0. The summed E-state index contributed by atoms with van der Waals surface area (Å²) in [6.07, 6.45) is 1.83. The Bertz CT molecular complexity index is 229. The van der Waals surface area contributed by atoms with Crippen LogP contribution in [0.2, 0.25) is 6.82 Å². The number of nitrogens with one attached hydrogen (secondary N) is 1. The molecule has 1 aromatic heterocycles. The number of aromatic nitrogens is 1. The molecule has 0 amide bonds. The molecular weight excluding hydrogens is 250 g/mol. The van der Waals surface area contributed by atoms with E-state index in [1.54, 1.807) is 0 Å². The van der Waals surface area contributed by atoms with Crippen LogP contribution in [0.5, 0.6) is 0 Å². The average molecular weight is 259 g/mol. The maximum absolute atomic E-state index is 4.15. The molecule has 0 atom stereocenters. The molecule has 0 saturated heterocycles. The molecule has 0 bridgehead atoms. The Morgan fingerprint density at radius 2 is 2.55 bits per heavy atom. The standard InChI is InChI=1S/C7H9BIN2/c1-8-7-4-6(5-11-9)2-3-10-7/h2-4,11H,5H2,1H3. The first kappa shape index (κ1) is 9.00. The predicted octanol–water partition coefficient (Wildman–Crippen LogP) is 0.899. The van der Waals surface area contributed by atoms with Crippen molar-refractivity contribution in [3.05, 3.63) is 23.9 Å². The van der Waals surface area contributed by atoms with Crippen molar-refractivity contribution in [1.82, 2.24) is 8.51 Å². The van der Waals surface area contributed by atoms with Crippen LogP contribution in [0.3, 0.4) is 0 Å². The zero-order chi connectivity index (χ0) is 8.10. The van der Waals surface area contributed by atoms with E-state index in [2.05, 4.69) is 37.4 Å². The zero-order valence-corrected chi connectivity index (χ0v) is 8.50. The van der Waals surface area contributed by atoms with Gasteiger partial charge >= 0.3 is 0 Å².